The molecule has 1 amide bonds. The molecule has 5 nitrogen and oxygen atoms in total. The topological polar surface area (TPSA) is 67.4 Å². The first-order valence-corrected chi connectivity index (χ1v) is 10.3. The highest BCUT2D eigenvalue weighted by Crippen LogP contribution is 2.39. The molecule has 27 heavy (non-hydrogen) atoms. The SMILES string of the molecule is CCOC(=O)c1c(-c2ccccc2)csc1N[C@@H](NC(=O)CC)C(Cl)(Cl)Cl. The summed E-state index contributed by atoms with van der Waals surface area (Å²) in [6.45, 7) is 3.64. The lowest BCUT2D eigenvalue weighted by Crippen LogP contribution is -2.49. The van der Waals surface area contributed by atoms with E-state index in [-0.39, 0.29) is 18.9 Å². The smallest absolute Gasteiger partial charge is 0.341 e. The van der Waals surface area contributed by atoms with Crippen LogP contribution in [-0.2, 0) is 9.53 Å². The van der Waals surface area contributed by atoms with Gasteiger partial charge in [-0.1, -0.05) is 72.1 Å². The molecule has 0 fully saturated rings. The molecule has 1 atom stereocenters. The van der Waals surface area contributed by atoms with Crippen LogP contribution < -0.4 is 10.6 Å². The van der Waals surface area contributed by atoms with Crippen LogP contribution in [0.2, 0.25) is 0 Å². The summed E-state index contributed by atoms with van der Waals surface area (Å²) in [5.41, 5.74) is 1.89. The lowest BCUT2D eigenvalue weighted by molar-refractivity contribution is -0.121. The molecular weight excluding hydrogens is 431 g/mol. The Labute approximate surface area is 176 Å². The Hall–Kier alpha value is -1.47. The van der Waals surface area contributed by atoms with Crippen molar-refractivity contribution in [3.63, 3.8) is 0 Å². The Morgan fingerprint density at radius 1 is 1.19 bits per heavy atom. The minimum atomic E-state index is -1.83. The zero-order valence-corrected chi connectivity index (χ0v) is 17.8. The molecule has 0 radical (unpaired) electrons. The van der Waals surface area contributed by atoms with Crippen molar-refractivity contribution in [1.82, 2.24) is 5.32 Å². The fourth-order valence-corrected chi connectivity index (χ4v) is 3.61. The number of carbonyl (C=O) groups excluding carboxylic acids is 2. The molecule has 0 aliphatic rings. The van der Waals surface area contributed by atoms with Gasteiger partial charge in [-0.15, -0.1) is 11.3 Å². The minimum absolute atomic E-state index is 0.225. The molecule has 0 aliphatic carbocycles. The summed E-state index contributed by atoms with van der Waals surface area (Å²) < 4.78 is 3.37. The lowest BCUT2D eigenvalue weighted by atomic mass is 10.0. The Balaban J connectivity index is 2.44. The van der Waals surface area contributed by atoms with E-state index in [1.165, 1.54) is 11.3 Å². The molecule has 0 aliphatic heterocycles. The summed E-state index contributed by atoms with van der Waals surface area (Å²) >= 11 is 19.3. The number of hydrogen-bond acceptors (Lipinski definition) is 5. The maximum Gasteiger partial charge on any atom is 0.341 e. The Morgan fingerprint density at radius 2 is 1.85 bits per heavy atom. The lowest BCUT2D eigenvalue weighted by Gasteiger charge is -2.27. The van der Waals surface area contributed by atoms with Gasteiger partial charge in [-0.25, -0.2) is 4.79 Å². The monoisotopic (exact) mass is 448 g/mol. The highest BCUT2D eigenvalue weighted by Gasteiger charge is 2.35. The van der Waals surface area contributed by atoms with Crippen LogP contribution in [0.4, 0.5) is 5.00 Å². The average Bonchev–Trinajstić information content (AvgIpc) is 3.05. The molecule has 1 aromatic heterocycles. The van der Waals surface area contributed by atoms with Gasteiger partial charge in [-0.2, -0.15) is 0 Å². The van der Waals surface area contributed by atoms with E-state index in [0.717, 1.165) is 5.56 Å². The maximum atomic E-state index is 12.6. The van der Waals surface area contributed by atoms with Crippen molar-refractivity contribution in [2.24, 2.45) is 0 Å². The predicted molar refractivity (Wildman–Crippen MR) is 112 cm³/mol. The van der Waals surface area contributed by atoms with Crippen molar-refractivity contribution in [2.75, 3.05) is 11.9 Å². The van der Waals surface area contributed by atoms with Gasteiger partial charge < -0.3 is 15.4 Å². The third-order valence-electron chi connectivity index (χ3n) is 3.58. The van der Waals surface area contributed by atoms with Crippen LogP contribution in [0.5, 0.6) is 0 Å². The summed E-state index contributed by atoms with van der Waals surface area (Å²) in [5.74, 6) is -0.790. The number of halogens is 3. The normalized spacial score (nSPS) is 12.3. The van der Waals surface area contributed by atoms with Gasteiger partial charge in [0.25, 0.3) is 0 Å². The van der Waals surface area contributed by atoms with Gasteiger partial charge in [0.05, 0.1) is 6.61 Å². The van der Waals surface area contributed by atoms with Crippen molar-refractivity contribution >= 4 is 63.0 Å². The quantitative estimate of drug-likeness (QED) is 0.345. The third-order valence-corrected chi connectivity index (χ3v) is 5.15. The molecular formula is C18H19Cl3N2O3S. The number of rotatable bonds is 7. The van der Waals surface area contributed by atoms with Gasteiger partial charge in [-0.3, -0.25) is 4.79 Å². The van der Waals surface area contributed by atoms with Gasteiger partial charge in [0.2, 0.25) is 9.70 Å². The van der Waals surface area contributed by atoms with E-state index in [9.17, 15) is 9.59 Å². The number of ether oxygens (including phenoxy) is 1. The number of alkyl halides is 3. The largest absolute Gasteiger partial charge is 0.462 e. The number of carbonyl (C=O) groups is 2. The molecule has 9 heteroatoms. The standard InChI is InChI=1S/C18H19Cl3N2O3S/c1-3-13(24)22-17(18(19,20)21)23-15-14(16(25)26-4-2)12(10-27-15)11-8-6-5-7-9-11/h5-10,17,23H,3-4H2,1-2H3,(H,22,24)/t17-/m1/s1. The fraction of sp³-hybridized carbons (Fsp3) is 0.333. The first kappa shape index (κ1) is 21.8. The molecule has 2 rings (SSSR count). The number of thiophene rings is 1. The zero-order chi connectivity index (χ0) is 20.0. The minimum Gasteiger partial charge on any atom is -0.462 e. The van der Waals surface area contributed by atoms with Crippen molar-refractivity contribution < 1.29 is 14.3 Å². The van der Waals surface area contributed by atoms with E-state index in [1.54, 1.807) is 13.8 Å². The molecule has 0 unspecified atom stereocenters. The highest BCUT2D eigenvalue weighted by molar-refractivity contribution is 7.15. The molecule has 1 aromatic carbocycles. The average molecular weight is 450 g/mol. The first-order chi connectivity index (χ1) is 12.8. The van der Waals surface area contributed by atoms with Crippen molar-refractivity contribution in [2.45, 2.75) is 30.2 Å². The number of nitrogens with one attached hydrogen (secondary N) is 2. The highest BCUT2D eigenvalue weighted by atomic mass is 35.6. The Bertz CT molecular complexity index is 791. The van der Waals surface area contributed by atoms with Crippen LogP contribution in [0, 0.1) is 0 Å². The fourth-order valence-electron chi connectivity index (χ4n) is 2.29. The van der Waals surface area contributed by atoms with E-state index >= 15 is 0 Å². The van der Waals surface area contributed by atoms with Crippen LogP contribution in [-0.4, -0.2) is 28.4 Å². The molecule has 1 heterocycles. The zero-order valence-electron chi connectivity index (χ0n) is 14.7. The number of amides is 1. The molecule has 0 bridgehead atoms. The second-order valence-corrected chi connectivity index (χ2v) is 8.73. The molecule has 0 saturated carbocycles. The van der Waals surface area contributed by atoms with Crippen molar-refractivity contribution in [3.05, 3.63) is 41.3 Å². The van der Waals surface area contributed by atoms with Crippen molar-refractivity contribution in [3.8, 4) is 11.1 Å². The second kappa shape index (κ2) is 9.64. The van der Waals surface area contributed by atoms with E-state index < -0.39 is 15.9 Å². The van der Waals surface area contributed by atoms with E-state index in [0.29, 0.717) is 16.1 Å². The first-order valence-electron chi connectivity index (χ1n) is 8.24. The number of hydrogen-bond donors (Lipinski definition) is 2. The molecule has 2 N–H and O–H groups in total. The van der Waals surface area contributed by atoms with Crippen LogP contribution in [0.15, 0.2) is 35.7 Å². The van der Waals surface area contributed by atoms with Gasteiger partial charge >= 0.3 is 5.97 Å². The summed E-state index contributed by atoms with van der Waals surface area (Å²) in [4.78, 5) is 24.4. The maximum absolute atomic E-state index is 12.6. The Kier molecular flexibility index (Phi) is 7.79. The van der Waals surface area contributed by atoms with E-state index in [1.807, 2.05) is 35.7 Å². The Morgan fingerprint density at radius 3 is 2.41 bits per heavy atom. The van der Waals surface area contributed by atoms with Crippen LogP contribution in [0.3, 0.4) is 0 Å². The number of benzene rings is 1. The van der Waals surface area contributed by atoms with Gasteiger partial charge in [0.1, 0.15) is 16.7 Å². The molecule has 2 aromatic rings. The van der Waals surface area contributed by atoms with Crippen LogP contribution in [0.1, 0.15) is 30.6 Å². The van der Waals surface area contributed by atoms with E-state index in [4.69, 9.17) is 39.5 Å². The summed E-state index contributed by atoms with van der Waals surface area (Å²) in [6, 6.07) is 9.42. The summed E-state index contributed by atoms with van der Waals surface area (Å²) in [7, 11) is 0. The third kappa shape index (κ3) is 5.75. The second-order valence-electron chi connectivity index (χ2n) is 5.48. The number of esters is 1. The molecule has 0 spiro atoms. The summed E-state index contributed by atoms with van der Waals surface area (Å²) in [6.07, 6.45) is -0.797. The summed E-state index contributed by atoms with van der Waals surface area (Å²) in [5, 5.41) is 7.85. The van der Waals surface area contributed by atoms with Gasteiger partial charge in [-0.05, 0) is 12.5 Å². The molecule has 0 saturated heterocycles. The predicted octanol–water partition coefficient (Wildman–Crippen LogP) is 5.23. The number of anilines is 1. The van der Waals surface area contributed by atoms with Crippen LogP contribution in [0.25, 0.3) is 11.1 Å². The van der Waals surface area contributed by atoms with E-state index in [2.05, 4.69) is 10.6 Å². The van der Waals surface area contributed by atoms with Crippen molar-refractivity contribution in [1.29, 1.82) is 0 Å². The van der Waals surface area contributed by atoms with Crippen LogP contribution >= 0.6 is 46.1 Å². The van der Waals surface area contributed by atoms with Gasteiger partial charge in [0, 0.05) is 17.4 Å². The van der Waals surface area contributed by atoms with Gasteiger partial charge in [0.15, 0.2) is 0 Å². The molecule has 146 valence electrons.